The molecule has 2 N–H and O–H groups in total. The molecular weight excluding hydrogens is 392 g/mol. The first-order valence-corrected chi connectivity index (χ1v) is 9.76. The highest BCUT2D eigenvalue weighted by Gasteiger charge is 2.07. The van der Waals surface area contributed by atoms with Crippen molar-refractivity contribution in [1.29, 1.82) is 0 Å². The van der Waals surface area contributed by atoms with Gasteiger partial charge in [0.1, 0.15) is 5.75 Å². The summed E-state index contributed by atoms with van der Waals surface area (Å²) in [5.41, 5.74) is 4.49. The molecule has 0 aliphatic carbocycles. The van der Waals surface area contributed by atoms with E-state index in [0.717, 1.165) is 22.5 Å². The number of aryl methyl sites for hydroxylation is 2. The summed E-state index contributed by atoms with van der Waals surface area (Å²) in [6.45, 7) is 5.89. The number of hydrogen-bond donors (Lipinski definition) is 2. The van der Waals surface area contributed by atoms with Crippen LogP contribution in [0.5, 0.6) is 11.6 Å². The fraction of sp³-hybridized carbons (Fsp3) is 0.130. The van der Waals surface area contributed by atoms with E-state index in [1.807, 2.05) is 51.2 Å². The van der Waals surface area contributed by atoms with Gasteiger partial charge in [-0.25, -0.2) is 9.48 Å². The number of benzene rings is 2. The number of urea groups is 1. The summed E-state index contributed by atoms with van der Waals surface area (Å²) in [6.07, 6.45) is 1.82. The maximum atomic E-state index is 12.3. The normalized spacial score (nSPS) is 10.5. The van der Waals surface area contributed by atoms with Crippen molar-refractivity contribution in [2.24, 2.45) is 0 Å². The molecule has 2 heterocycles. The van der Waals surface area contributed by atoms with Crippen molar-refractivity contribution in [3.8, 4) is 17.4 Å². The topological polar surface area (TPSA) is 94.0 Å². The van der Waals surface area contributed by atoms with Crippen LogP contribution in [-0.4, -0.2) is 26.0 Å². The molecule has 0 saturated carbocycles. The lowest BCUT2D eigenvalue weighted by Crippen LogP contribution is -2.20. The summed E-state index contributed by atoms with van der Waals surface area (Å²) in [5, 5.41) is 18.2. The Morgan fingerprint density at radius 3 is 2.39 bits per heavy atom. The SMILES string of the molecule is Cc1ccn(-c2ccc(Oc3ccc(NC(=O)Nc4cccc(C)c4C)cc3)nn2)n1. The third-order valence-corrected chi connectivity index (χ3v) is 4.77. The standard InChI is InChI=1S/C23H22N6O2/c1-15-5-4-6-20(17(15)3)25-23(30)24-18-7-9-19(10-8-18)31-22-12-11-21(26-27-22)29-14-13-16(2)28-29/h4-14H,1-3H3,(H2,24,25,30). The van der Waals surface area contributed by atoms with Crippen LogP contribution < -0.4 is 15.4 Å². The fourth-order valence-corrected chi connectivity index (χ4v) is 2.93. The first kappa shape index (κ1) is 20.1. The number of carbonyl (C=O) groups is 1. The van der Waals surface area contributed by atoms with E-state index in [4.69, 9.17) is 4.74 Å². The number of nitrogens with one attached hydrogen (secondary N) is 2. The van der Waals surface area contributed by atoms with Gasteiger partial charge in [0.25, 0.3) is 0 Å². The predicted molar refractivity (Wildman–Crippen MR) is 119 cm³/mol. The van der Waals surface area contributed by atoms with Crippen molar-refractivity contribution in [2.45, 2.75) is 20.8 Å². The van der Waals surface area contributed by atoms with Crippen LogP contribution in [0.3, 0.4) is 0 Å². The number of aromatic nitrogens is 4. The van der Waals surface area contributed by atoms with Crippen molar-refractivity contribution in [3.05, 3.63) is 83.7 Å². The lowest BCUT2D eigenvalue weighted by molar-refractivity contribution is 0.262. The van der Waals surface area contributed by atoms with Gasteiger partial charge >= 0.3 is 6.03 Å². The molecule has 4 aromatic rings. The van der Waals surface area contributed by atoms with E-state index in [1.165, 1.54) is 0 Å². The van der Waals surface area contributed by atoms with Crippen LogP contribution in [0.4, 0.5) is 16.2 Å². The maximum Gasteiger partial charge on any atom is 0.323 e. The smallest absolute Gasteiger partial charge is 0.323 e. The van der Waals surface area contributed by atoms with Gasteiger partial charge in [0.15, 0.2) is 5.82 Å². The summed E-state index contributed by atoms with van der Waals surface area (Å²) in [7, 11) is 0. The molecule has 2 amide bonds. The van der Waals surface area contributed by atoms with Crippen LogP contribution in [0, 0.1) is 20.8 Å². The molecule has 0 bridgehead atoms. The molecule has 31 heavy (non-hydrogen) atoms. The van der Waals surface area contributed by atoms with Gasteiger partial charge in [-0.1, -0.05) is 12.1 Å². The molecule has 2 aromatic heterocycles. The lowest BCUT2D eigenvalue weighted by Gasteiger charge is -2.12. The second kappa shape index (κ2) is 8.66. The van der Waals surface area contributed by atoms with E-state index in [2.05, 4.69) is 25.9 Å². The second-order valence-electron chi connectivity index (χ2n) is 7.08. The Morgan fingerprint density at radius 1 is 0.903 bits per heavy atom. The van der Waals surface area contributed by atoms with Crippen molar-refractivity contribution in [3.63, 3.8) is 0 Å². The largest absolute Gasteiger partial charge is 0.438 e. The summed E-state index contributed by atoms with van der Waals surface area (Å²) >= 11 is 0. The fourth-order valence-electron chi connectivity index (χ4n) is 2.93. The molecule has 156 valence electrons. The molecular formula is C23H22N6O2. The first-order valence-electron chi connectivity index (χ1n) is 9.76. The van der Waals surface area contributed by atoms with Crippen LogP contribution in [-0.2, 0) is 0 Å². The quantitative estimate of drug-likeness (QED) is 0.478. The van der Waals surface area contributed by atoms with Crippen LogP contribution in [0.15, 0.2) is 66.9 Å². The van der Waals surface area contributed by atoms with Crippen molar-refractivity contribution in [2.75, 3.05) is 10.6 Å². The number of ether oxygens (including phenoxy) is 1. The molecule has 0 aliphatic heterocycles. The van der Waals surface area contributed by atoms with E-state index in [9.17, 15) is 4.79 Å². The van der Waals surface area contributed by atoms with Crippen molar-refractivity contribution >= 4 is 17.4 Å². The number of nitrogens with zero attached hydrogens (tertiary/aromatic N) is 4. The Balaban J connectivity index is 1.36. The highest BCUT2D eigenvalue weighted by molar-refractivity contribution is 6.00. The van der Waals surface area contributed by atoms with Crippen LogP contribution in [0.25, 0.3) is 5.82 Å². The van der Waals surface area contributed by atoms with Crippen LogP contribution in [0.2, 0.25) is 0 Å². The molecule has 8 heteroatoms. The lowest BCUT2D eigenvalue weighted by atomic mass is 10.1. The van der Waals surface area contributed by atoms with Gasteiger partial charge < -0.3 is 15.4 Å². The van der Waals surface area contributed by atoms with Gasteiger partial charge in [0.05, 0.1) is 5.69 Å². The van der Waals surface area contributed by atoms with Gasteiger partial charge in [-0.2, -0.15) is 5.10 Å². The molecule has 4 rings (SSSR count). The highest BCUT2D eigenvalue weighted by Crippen LogP contribution is 2.22. The Bertz CT molecular complexity index is 1200. The number of carbonyl (C=O) groups excluding carboxylic acids is 1. The zero-order chi connectivity index (χ0) is 21.8. The minimum atomic E-state index is -0.308. The number of amides is 2. The number of anilines is 2. The number of hydrogen-bond acceptors (Lipinski definition) is 5. The third-order valence-electron chi connectivity index (χ3n) is 4.77. The first-order chi connectivity index (χ1) is 15.0. The molecule has 8 nitrogen and oxygen atoms in total. The van der Waals surface area contributed by atoms with Gasteiger partial charge in [-0.05, 0) is 74.4 Å². The average Bonchev–Trinajstić information content (AvgIpc) is 3.20. The molecule has 0 radical (unpaired) electrons. The minimum absolute atomic E-state index is 0.308. The van der Waals surface area contributed by atoms with Gasteiger partial charge in [-0.15, -0.1) is 10.2 Å². The van der Waals surface area contributed by atoms with E-state index >= 15 is 0 Å². The molecule has 2 aromatic carbocycles. The van der Waals surface area contributed by atoms with Gasteiger partial charge in [0, 0.05) is 23.6 Å². The second-order valence-corrected chi connectivity index (χ2v) is 7.08. The third kappa shape index (κ3) is 4.87. The zero-order valence-corrected chi connectivity index (χ0v) is 17.5. The molecule has 0 aliphatic rings. The molecule has 0 fully saturated rings. The van der Waals surface area contributed by atoms with Gasteiger partial charge in [0.2, 0.25) is 5.88 Å². The molecule has 0 saturated heterocycles. The van der Waals surface area contributed by atoms with Crippen molar-refractivity contribution in [1.82, 2.24) is 20.0 Å². The summed E-state index contributed by atoms with van der Waals surface area (Å²) < 4.78 is 7.38. The van der Waals surface area contributed by atoms with Crippen LogP contribution in [0.1, 0.15) is 16.8 Å². The average molecular weight is 414 g/mol. The Morgan fingerprint density at radius 2 is 1.71 bits per heavy atom. The Kier molecular flexibility index (Phi) is 5.61. The van der Waals surface area contributed by atoms with E-state index in [0.29, 0.717) is 23.1 Å². The number of rotatable bonds is 5. The molecule has 0 unspecified atom stereocenters. The Labute approximate surface area is 179 Å². The summed E-state index contributed by atoms with van der Waals surface area (Å²) in [6, 6.07) is 17.9. The summed E-state index contributed by atoms with van der Waals surface area (Å²) in [4.78, 5) is 12.3. The monoisotopic (exact) mass is 414 g/mol. The van der Waals surface area contributed by atoms with Crippen molar-refractivity contribution < 1.29 is 9.53 Å². The molecule has 0 atom stereocenters. The summed E-state index contributed by atoms with van der Waals surface area (Å²) in [5.74, 6) is 1.55. The molecule has 0 spiro atoms. The minimum Gasteiger partial charge on any atom is -0.438 e. The van der Waals surface area contributed by atoms with E-state index in [-0.39, 0.29) is 6.03 Å². The van der Waals surface area contributed by atoms with Crippen LogP contribution >= 0.6 is 0 Å². The maximum absolute atomic E-state index is 12.3. The highest BCUT2D eigenvalue weighted by atomic mass is 16.5. The zero-order valence-electron chi connectivity index (χ0n) is 17.5. The van der Waals surface area contributed by atoms with E-state index < -0.39 is 0 Å². The van der Waals surface area contributed by atoms with Gasteiger partial charge in [-0.3, -0.25) is 0 Å². The van der Waals surface area contributed by atoms with E-state index in [1.54, 1.807) is 41.1 Å². The Hall–Kier alpha value is -4.20. The predicted octanol–water partition coefficient (Wildman–Crippen LogP) is 5.02.